The summed E-state index contributed by atoms with van der Waals surface area (Å²) in [5.41, 5.74) is 9.58. The number of hydrogen-bond donors (Lipinski definition) is 2. The van der Waals surface area contributed by atoms with Gasteiger partial charge in [0, 0.05) is 31.7 Å². The molecular weight excluding hydrogens is 397 g/mol. The minimum absolute atomic E-state index is 0. The first-order valence-electron chi connectivity index (χ1n) is 9.46. The predicted octanol–water partition coefficient (Wildman–Crippen LogP) is 4.21. The maximum Gasteiger partial charge on any atom is 0.255 e. The zero-order chi connectivity index (χ0) is 19.4. The van der Waals surface area contributed by atoms with Crippen molar-refractivity contribution >= 4 is 35.6 Å². The summed E-state index contributed by atoms with van der Waals surface area (Å²) in [7, 11) is 1.52. The second kappa shape index (κ2) is 10.2. The Kier molecular flexibility index (Phi) is 8.23. The third-order valence-electron chi connectivity index (χ3n) is 5.34. The van der Waals surface area contributed by atoms with Gasteiger partial charge in [-0.3, -0.25) is 9.69 Å². The molecule has 0 bridgehead atoms. The molecule has 2 aliphatic rings. The lowest BCUT2D eigenvalue weighted by Crippen LogP contribution is -2.45. The normalized spacial score (nSPS) is 18.0. The minimum atomic E-state index is -0.164. The fourth-order valence-electron chi connectivity index (χ4n) is 3.61. The summed E-state index contributed by atoms with van der Waals surface area (Å²) in [6.45, 7) is 5.20. The highest BCUT2D eigenvalue weighted by atomic mass is 35.5. The Morgan fingerprint density at radius 3 is 2.61 bits per heavy atom. The van der Waals surface area contributed by atoms with E-state index >= 15 is 0 Å². The lowest BCUT2D eigenvalue weighted by atomic mass is 9.98. The van der Waals surface area contributed by atoms with Crippen LogP contribution in [-0.2, 0) is 0 Å². The van der Waals surface area contributed by atoms with Crippen LogP contribution in [0.15, 0.2) is 35.4 Å². The van der Waals surface area contributed by atoms with Gasteiger partial charge in [-0.05, 0) is 38.7 Å². The van der Waals surface area contributed by atoms with Gasteiger partial charge < -0.3 is 15.8 Å². The monoisotopic (exact) mass is 425 g/mol. The average Bonchev–Trinajstić information content (AvgIpc) is 2.67. The number of halogens is 2. The number of nitrogens with zero attached hydrogens (tertiary/aromatic N) is 1. The van der Waals surface area contributed by atoms with Crippen LogP contribution in [0.3, 0.4) is 0 Å². The number of amides is 1. The summed E-state index contributed by atoms with van der Waals surface area (Å²) in [5, 5.41) is 3.48. The number of nitrogens with one attached hydrogen (secondary N) is 1. The number of nitrogen functional groups attached to an aromatic ring is 1. The molecule has 154 valence electrons. The molecule has 1 amide bonds. The van der Waals surface area contributed by atoms with E-state index in [4.69, 9.17) is 22.1 Å². The number of ether oxygens (including phenoxy) is 1. The Labute approximate surface area is 178 Å². The largest absolute Gasteiger partial charge is 0.496 e. The van der Waals surface area contributed by atoms with Gasteiger partial charge in [0.15, 0.2) is 0 Å². The van der Waals surface area contributed by atoms with Crippen molar-refractivity contribution in [3.63, 3.8) is 0 Å². The fourth-order valence-corrected chi connectivity index (χ4v) is 3.77. The molecular formula is C21H29Cl2N3O2. The van der Waals surface area contributed by atoms with Gasteiger partial charge in [-0.1, -0.05) is 34.9 Å². The van der Waals surface area contributed by atoms with Crippen molar-refractivity contribution in [3.05, 3.63) is 46.0 Å². The number of anilines is 1. The molecule has 1 fully saturated rings. The van der Waals surface area contributed by atoms with Gasteiger partial charge in [0.25, 0.3) is 5.91 Å². The molecule has 0 spiro atoms. The maximum absolute atomic E-state index is 12.7. The van der Waals surface area contributed by atoms with Crippen molar-refractivity contribution in [2.24, 2.45) is 0 Å². The molecule has 1 saturated heterocycles. The Morgan fingerprint density at radius 2 is 2.00 bits per heavy atom. The van der Waals surface area contributed by atoms with Crippen LogP contribution in [0.1, 0.15) is 43.0 Å². The molecule has 3 N–H and O–H groups in total. The van der Waals surface area contributed by atoms with Crippen LogP contribution in [0.25, 0.3) is 0 Å². The Hall–Kier alpha value is -1.69. The molecule has 0 radical (unpaired) electrons. The van der Waals surface area contributed by atoms with E-state index in [0.717, 1.165) is 45.3 Å². The van der Waals surface area contributed by atoms with E-state index < -0.39 is 0 Å². The number of carbonyl (C=O) groups excluding carboxylic acids is 1. The highest BCUT2D eigenvalue weighted by molar-refractivity contribution is 6.33. The van der Waals surface area contributed by atoms with Crippen molar-refractivity contribution in [1.29, 1.82) is 0 Å². The average molecular weight is 426 g/mol. The smallest absolute Gasteiger partial charge is 0.255 e. The van der Waals surface area contributed by atoms with Gasteiger partial charge in [0.2, 0.25) is 0 Å². The number of hydrogen-bond acceptors (Lipinski definition) is 4. The van der Waals surface area contributed by atoms with Gasteiger partial charge in [-0.2, -0.15) is 0 Å². The molecule has 5 nitrogen and oxygen atoms in total. The first-order chi connectivity index (χ1) is 13.0. The molecule has 1 heterocycles. The summed E-state index contributed by atoms with van der Waals surface area (Å²) in [6.07, 6.45) is 8.72. The van der Waals surface area contributed by atoms with E-state index in [1.807, 2.05) is 0 Å². The Balaban J connectivity index is 0.00000280. The lowest BCUT2D eigenvalue weighted by Gasteiger charge is -2.33. The second-order valence-electron chi connectivity index (χ2n) is 7.42. The standard InChI is InChI=1S/C21H28ClN3O2.ClH/c1-14-3-5-15(6-4-14)13-25-9-7-16(8-10-25)24-21(26)17-11-18(22)19(23)12-20(17)27-2;/h3,6,11-12,16H,4-5,7-10,13,23H2,1-2H3,(H,24,26);1H. The van der Waals surface area contributed by atoms with Crippen molar-refractivity contribution in [1.82, 2.24) is 10.2 Å². The second-order valence-corrected chi connectivity index (χ2v) is 7.83. The number of allylic oxidation sites excluding steroid dienone is 3. The van der Waals surface area contributed by atoms with Crippen molar-refractivity contribution in [3.8, 4) is 5.75 Å². The number of rotatable bonds is 5. The summed E-state index contributed by atoms with van der Waals surface area (Å²) < 4.78 is 5.28. The first-order valence-corrected chi connectivity index (χ1v) is 9.84. The number of nitrogens with two attached hydrogens (primary N) is 1. The molecule has 1 aromatic rings. The molecule has 7 heteroatoms. The van der Waals surface area contributed by atoms with E-state index in [1.165, 1.54) is 18.3 Å². The number of benzene rings is 1. The zero-order valence-electron chi connectivity index (χ0n) is 16.5. The van der Waals surface area contributed by atoms with Crippen molar-refractivity contribution < 1.29 is 9.53 Å². The molecule has 28 heavy (non-hydrogen) atoms. The fraction of sp³-hybridized carbons (Fsp3) is 0.476. The topological polar surface area (TPSA) is 67.6 Å². The summed E-state index contributed by atoms with van der Waals surface area (Å²) >= 11 is 6.07. The highest BCUT2D eigenvalue weighted by Crippen LogP contribution is 2.29. The van der Waals surface area contributed by atoms with Crippen LogP contribution >= 0.6 is 24.0 Å². The van der Waals surface area contributed by atoms with Crippen molar-refractivity contribution in [2.45, 2.75) is 38.6 Å². The number of methoxy groups -OCH3 is 1. The molecule has 1 aliphatic heterocycles. The molecule has 0 saturated carbocycles. The summed E-state index contributed by atoms with van der Waals surface area (Å²) in [6, 6.07) is 3.33. The van der Waals surface area contributed by atoms with E-state index in [1.54, 1.807) is 12.1 Å². The van der Waals surface area contributed by atoms with Crippen LogP contribution in [0.5, 0.6) is 5.75 Å². The zero-order valence-corrected chi connectivity index (χ0v) is 18.0. The Bertz CT molecular complexity index is 769. The molecule has 0 atom stereocenters. The third-order valence-corrected chi connectivity index (χ3v) is 5.67. The molecule has 0 aromatic heterocycles. The minimum Gasteiger partial charge on any atom is -0.496 e. The summed E-state index contributed by atoms with van der Waals surface area (Å²) in [5.74, 6) is 0.280. The van der Waals surface area contributed by atoms with Crippen LogP contribution in [-0.4, -0.2) is 43.6 Å². The van der Waals surface area contributed by atoms with Gasteiger partial charge in [-0.25, -0.2) is 0 Å². The predicted molar refractivity (Wildman–Crippen MR) is 118 cm³/mol. The number of likely N-dealkylation sites (tertiary alicyclic amines) is 1. The van der Waals surface area contributed by atoms with Gasteiger partial charge in [-0.15, -0.1) is 12.4 Å². The lowest BCUT2D eigenvalue weighted by molar-refractivity contribution is 0.0910. The van der Waals surface area contributed by atoms with E-state index in [2.05, 4.69) is 29.3 Å². The first kappa shape index (κ1) is 22.6. The van der Waals surface area contributed by atoms with Gasteiger partial charge in [0.05, 0.1) is 23.4 Å². The van der Waals surface area contributed by atoms with E-state index in [0.29, 0.717) is 22.0 Å². The van der Waals surface area contributed by atoms with Crippen LogP contribution in [0.2, 0.25) is 5.02 Å². The molecule has 0 unspecified atom stereocenters. The van der Waals surface area contributed by atoms with Crippen LogP contribution < -0.4 is 15.8 Å². The highest BCUT2D eigenvalue weighted by Gasteiger charge is 2.23. The maximum atomic E-state index is 12.7. The SMILES string of the molecule is COc1cc(N)c(Cl)cc1C(=O)NC1CCN(CC2=CCC(C)=CC2)CC1.Cl. The quantitative estimate of drug-likeness (QED) is 0.547. The van der Waals surface area contributed by atoms with E-state index in [9.17, 15) is 4.79 Å². The van der Waals surface area contributed by atoms with Crippen LogP contribution in [0.4, 0.5) is 5.69 Å². The molecule has 1 aromatic carbocycles. The third kappa shape index (κ3) is 5.66. The molecule has 3 rings (SSSR count). The Morgan fingerprint density at radius 1 is 1.29 bits per heavy atom. The van der Waals surface area contributed by atoms with Crippen molar-refractivity contribution in [2.75, 3.05) is 32.5 Å². The van der Waals surface area contributed by atoms with Crippen LogP contribution in [0, 0.1) is 0 Å². The van der Waals surface area contributed by atoms with E-state index in [-0.39, 0.29) is 24.4 Å². The number of carbonyl (C=O) groups is 1. The molecule has 1 aliphatic carbocycles. The summed E-state index contributed by atoms with van der Waals surface area (Å²) in [4.78, 5) is 15.1. The van der Waals surface area contributed by atoms with Gasteiger partial charge >= 0.3 is 0 Å². The number of piperidine rings is 1. The van der Waals surface area contributed by atoms with Gasteiger partial charge in [0.1, 0.15) is 5.75 Å².